The minimum atomic E-state index is 0.829. The lowest BCUT2D eigenvalue weighted by atomic mass is 10.5. The van der Waals surface area contributed by atoms with Gasteiger partial charge in [0, 0.05) is 8.50 Å². The molecule has 0 spiro atoms. The fraction of sp³-hybridized carbons (Fsp3) is 1.00. The first-order valence-corrected chi connectivity index (χ1v) is 5.21. The Kier molecular flexibility index (Phi) is 2.41. The Morgan fingerprint density at radius 3 is 2.67 bits per heavy atom. The highest BCUT2D eigenvalue weighted by molar-refractivity contribution is 8.09. The van der Waals surface area contributed by atoms with Crippen LogP contribution in [0.5, 0.6) is 0 Å². The highest BCUT2D eigenvalue weighted by Gasteiger charge is 1.94. The molecule has 3 heteroatoms. The quantitative estimate of drug-likeness (QED) is 0.443. The molecule has 36 valence electrons. The first kappa shape index (κ1) is 4.97. The monoisotopic (exact) mass is 122 g/mol. The van der Waals surface area contributed by atoms with Crippen molar-refractivity contribution < 1.29 is 4.52 Å². The molecule has 2 unspecified atom stereocenters. The summed E-state index contributed by atoms with van der Waals surface area (Å²) in [7, 11) is 1.94. The number of rotatable bonds is 0. The van der Waals surface area contributed by atoms with E-state index in [4.69, 9.17) is 4.52 Å². The molecule has 0 aliphatic carbocycles. The molecule has 0 N–H and O–H groups in total. The van der Waals surface area contributed by atoms with Gasteiger partial charge in [-0.3, -0.25) is 0 Å². The zero-order chi connectivity index (χ0) is 4.24. The third-order valence-corrected chi connectivity index (χ3v) is 3.40. The van der Waals surface area contributed by atoms with Crippen molar-refractivity contribution in [3.8, 4) is 0 Å². The zero-order valence-corrected chi connectivity index (χ0v) is 5.53. The topological polar surface area (TPSA) is 9.23 Å². The molecule has 0 bridgehead atoms. The van der Waals surface area contributed by atoms with E-state index in [1.807, 2.05) is 0 Å². The molecule has 1 rings (SSSR count). The number of hydrogen-bond acceptors (Lipinski definition) is 1. The maximum absolute atomic E-state index is 5.11. The van der Waals surface area contributed by atoms with Crippen LogP contribution in [0, 0.1) is 0 Å². The molecule has 0 aromatic rings. The van der Waals surface area contributed by atoms with Crippen LogP contribution in [0.15, 0.2) is 0 Å². The Labute approximate surface area is 41.4 Å². The van der Waals surface area contributed by atoms with Gasteiger partial charge < -0.3 is 4.52 Å². The SMILES string of the molecule is C1COPPC1. The molecule has 1 heterocycles. The van der Waals surface area contributed by atoms with E-state index >= 15 is 0 Å². The molecule has 0 amide bonds. The predicted octanol–water partition coefficient (Wildman–Crippen LogP) is 1.59. The largest absolute Gasteiger partial charge is 0.358 e. The van der Waals surface area contributed by atoms with E-state index in [9.17, 15) is 0 Å². The van der Waals surface area contributed by atoms with Crippen molar-refractivity contribution in [2.45, 2.75) is 6.42 Å². The molecule has 6 heavy (non-hydrogen) atoms. The van der Waals surface area contributed by atoms with Gasteiger partial charge in [0.05, 0.1) is 6.61 Å². The molecule has 2 atom stereocenters. The van der Waals surface area contributed by atoms with Crippen LogP contribution in [0.25, 0.3) is 0 Å². The second kappa shape index (κ2) is 2.91. The Morgan fingerprint density at radius 2 is 2.50 bits per heavy atom. The Hall–Kier alpha value is 0.820. The molecule has 0 saturated carbocycles. The van der Waals surface area contributed by atoms with Gasteiger partial charge in [-0.1, -0.05) is 8.27 Å². The normalized spacial score (nSPS) is 32.0. The van der Waals surface area contributed by atoms with Crippen LogP contribution >= 0.6 is 16.8 Å². The van der Waals surface area contributed by atoms with Gasteiger partial charge in [0.15, 0.2) is 0 Å². The van der Waals surface area contributed by atoms with Crippen LogP contribution in [-0.2, 0) is 4.52 Å². The standard InChI is InChI=1S/C3H8OP2/c1-2-4-6-5-3-1/h5-6H,1-3H2. The van der Waals surface area contributed by atoms with Crippen LogP contribution in [0.3, 0.4) is 0 Å². The summed E-state index contributed by atoms with van der Waals surface area (Å²) >= 11 is 0. The summed E-state index contributed by atoms with van der Waals surface area (Å²) in [4.78, 5) is 0. The van der Waals surface area contributed by atoms with Crippen molar-refractivity contribution in [2.75, 3.05) is 12.8 Å². The van der Waals surface area contributed by atoms with Crippen LogP contribution in [0.4, 0.5) is 0 Å². The van der Waals surface area contributed by atoms with E-state index in [1.165, 1.54) is 12.6 Å². The third-order valence-electron chi connectivity index (χ3n) is 0.693. The van der Waals surface area contributed by atoms with Crippen molar-refractivity contribution >= 4 is 16.8 Å². The van der Waals surface area contributed by atoms with E-state index in [2.05, 4.69) is 0 Å². The summed E-state index contributed by atoms with van der Waals surface area (Å²) in [5.74, 6) is 0. The molecular formula is C3H8OP2. The summed E-state index contributed by atoms with van der Waals surface area (Å²) in [6, 6.07) is 0. The molecule has 1 fully saturated rings. The van der Waals surface area contributed by atoms with Gasteiger partial charge in [-0.2, -0.15) is 0 Å². The Balaban J connectivity index is 2.00. The lowest BCUT2D eigenvalue weighted by Crippen LogP contribution is -1.89. The van der Waals surface area contributed by atoms with Crippen molar-refractivity contribution in [2.24, 2.45) is 0 Å². The van der Waals surface area contributed by atoms with Gasteiger partial charge >= 0.3 is 0 Å². The molecule has 0 radical (unpaired) electrons. The van der Waals surface area contributed by atoms with Gasteiger partial charge in [-0.05, 0) is 12.6 Å². The zero-order valence-electron chi connectivity index (χ0n) is 3.53. The molecular weight excluding hydrogens is 114 g/mol. The van der Waals surface area contributed by atoms with Gasteiger partial charge in [-0.25, -0.2) is 0 Å². The maximum Gasteiger partial charge on any atom is 0.0513 e. The van der Waals surface area contributed by atoms with Crippen LogP contribution in [-0.4, -0.2) is 12.8 Å². The average Bonchev–Trinajstić information content (AvgIpc) is 1.72. The van der Waals surface area contributed by atoms with E-state index in [0.29, 0.717) is 0 Å². The van der Waals surface area contributed by atoms with Crippen molar-refractivity contribution in [1.82, 2.24) is 0 Å². The van der Waals surface area contributed by atoms with Gasteiger partial charge in [-0.15, -0.1) is 0 Å². The number of hydrogen-bond donors (Lipinski definition) is 0. The molecule has 1 saturated heterocycles. The van der Waals surface area contributed by atoms with Crippen molar-refractivity contribution in [3.63, 3.8) is 0 Å². The van der Waals surface area contributed by atoms with Gasteiger partial charge in [0.25, 0.3) is 0 Å². The smallest absolute Gasteiger partial charge is 0.0513 e. The highest BCUT2D eigenvalue weighted by atomic mass is 32.0. The van der Waals surface area contributed by atoms with E-state index in [-0.39, 0.29) is 0 Å². The summed E-state index contributed by atoms with van der Waals surface area (Å²) in [5, 5.41) is 0. The van der Waals surface area contributed by atoms with Gasteiger partial charge in [0.1, 0.15) is 0 Å². The Bertz CT molecular complexity index is 24.3. The summed E-state index contributed by atoms with van der Waals surface area (Å²) in [6.07, 6.45) is 2.71. The van der Waals surface area contributed by atoms with Crippen LogP contribution < -0.4 is 0 Å². The molecule has 1 aliphatic heterocycles. The summed E-state index contributed by atoms with van der Waals surface area (Å²) in [6.45, 7) is 1.02. The lowest BCUT2D eigenvalue weighted by molar-refractivity contribution is 0.365. The molecule has 1 nitrogen and oxygen atoms in total. The Morgan fingerprint density at radius 1 is 1.50 bits per heavy atom. The average molecular weight is 122 g/mol. The highest BCUT2D eigenvalue weighted by Crippen LogP contribution is 2.41. The van der Waals surface area contributed by atoms with Gasteiger partial charge in [0.2, 0.25) is 0 Å². The first-order chi connectivity index (χ1) is 3.00. The molecule has 1 aliphatic rings. The lowest BCUT2D eigenvalue weighted by Gasteiger charge is -2.07. The minimum absolute atomic E-state index is 0.829. The van der Waals surface area contributed by atoms with Crippen molar-refractivity contribution in [1.29, 1.82) is 0 Å². The first-order valence-electron chi connectivity index (χ1n) is 2.10. The van der Waals surface area contributed by atoms with E-state index < -0.39 is 0 Å². The van der Waals surface area contributed by atoms with Crippen molar-refractivity contribution in [3.05, 3.63) is 0 Å². The summed E-state index contributed by atoms with van der Waals surface area (Å²) < 4.78 is 5.11. The van der Waals surface area contributed by atoms with Crippen LogP contribution in [0.2, 0.25) is 0 Å². The fourth-order valence-corrected chi connectivity index (χ4v) is 2.61. The molecule has 0 aromatic heterocycles. The fourth-order valence-electron chi connectivity index (χ4n) is 0.386. The summed E-state index contributed by atoms with van der Waals surface area (Å²) in [5.41, 5.74) is 0. The second-order valence-corrected chi connectivity index (χ2v) is 4.25. The molecule has 0 aromatic carbocycles. The third kappa shape index (κ3) is 1.51. The van der Waals surface area contributed by atoms with E-state index in [1.54, 1.807) is 0 Å². The van der Waals surface area contributed by atoms with Crippen LogP contribution in [0.1, 0.15) is 6.42 Å². The van der Waals surface area contributed by atoms with E-state index in [0.717, 1.165) is 23.4 Å². The maximum atomic E-state index is 5.11. The second-order valence-electron chi connectivity index (χ2n) is 1.23. The predicted molar refractivity (Wildman–Crippen MR) is 32.1 cm³/mol. The minimum Gasteiger partial charge on any atom is -0.358 e.